The van der Waals surface area contributed by atoms with E-state index < -0.39 is 0 Å². The standard InChI is InChI=1S/C18H17N3O3S/c1-12(22)13-7-9-14(10-8-13)24-11-17(23)19-20-18-21(2)15-5-3-4-6-16(15)25-18/h3-10H,11H2,1-2H3,(H,19,23)/b20-18-. The number of thiazole rings is 1. The molecule has 3 aromatic rings. The number of aryl methyl sites for hydroxylation is 1. The van der Waals surface area contributed by atoms with Crippen molar-refractivity contribution in [2.75, 3.05) is 6.61 Å². The van der Waals surface area contributed by atoms with Crippen molar-refractivity contribution in [2.45, 2.75) is 6.92 Å². The molecule has 0 saturated carbocycles. The summed E-state index contributed by atoms with van der Waals surface area (Å²) in [6.07, 6.45) is 0. The molecule has 0 unspecified atom stereocenters. The van der Waals surface area contributed by atoms with E-state index in [1.54, 1.807) is 24.3 Å². The largest absolute Gasteiger partial charge is 0.484 e. The zero-order valence-electron chi connectivity index (χ0n) is 13.9. The number of aromatic nitrogens is 1. The maximum atomic E-state index is 11.9. The first-order valence-corrected chi connectivity index (χ1v) is 8.47. The van der Waals surface area contributed by atoms with Gasteiger partial charge in [-0.1, -0.05) is 23.5 Å². The molecule has 25 heavy (non-hydrogen) atoms. The molecule has 6 nitrogen and oxygen atoms in total. The van der Waals surface area contributed by atoms with Crippen LogP contribution in [0.5, 0.6) is 5.75 Å². The zero-order chi connectivity index (χ0) is 17.8. The molecule has 0 fully saturated rings. The Labute approximate surface area is 148 Å². The molecule has 0 atom stereocenters. The lowest BCUT2D eigenvalue weighted by atomic mass is 10.1. The topological polar surface area (TPSA) is 72.7 Å². The highest BCUT2D eigenvalue weighted by Crippen LogP contribution is 2.15. The Morgan fingerprint density at radius 3 is 2.56 bits per heavy atom. The molecule has 2 aromatic carbocycles. The minimum absolute atomic E-state index is 0.0145. The number of ether oxygens (including phenoxy) is 1. The van der Waals surface area contributed by atoms with Crippen LogP contribution in [0.15, 0.2) is 53.6 Å². The third kappa shape index (κ3) is 3.95. The summed E-state index contributed by atoms with van der Waals surface area (Å²) in [7, 11) is 1.90. The summed E-state index contributed by atoms with van der Waals surface area (Å²) in [4.78, 5) is 23.8. The number of Topliss-reactive ketones (excluding diaryl/α,β-unsaturated/α-hetero) is 1. The van der Waals surface area contributed by atoms with Gasteiger partial charge >= 0.3 is 0 Å². The molecule has 128 valence electrons. The van der Waals surface area contributed by atoms with Gasteiger partial charge < -0.3 is 9.30 Å². The van der Waals surface area contributed by atoms with E-state index in [1.807, 2.05) is 35.9 Å². The molecule has 1 amide bonds. The number of nitrogens with one attached hydrogen (secondary N) is 1. The second kappa shape index (κ2) is 7.31. The maximum Gasteiger partial charge on any atom is 0.278 e. The number of fused-ring (bicyclic) bond motifs is 1. The van der Waals surface area contributed by atoms with Crippen molar-refractivity contribution in [3.8, 4) is 5.75 Å². The number of benzene rings is 2. The highest BCUT2D eigenvalue weighted by Gasteiger charge is 2.05. The summed E-state index contributed by atoms with van der Waals surface area (Å²) in [6, 6.07) is 14.6. The molecular weight excluding hydrogens is 338 g/mol. The number of hydrogen-bond donors (Lipinski definition) is 1. The van der Waals surface area contributed by atoms with Gasteiger partial charge in [-0.05, 0) is 43.3 Å². The van der Waals surface area contributed by atoms with Crippen LogP contribution in [-0.2, 0) is 11.8 Å². The van der Waals surface area contributed by atoms with E-state index in [1.165, 1.54) is 18.3 Å². The number of ketones is 1. The first kappa shape index (κ1) is 16.9. The molecule has 1 heterocycles. The molecule has 0 bridgehead atoms. The van der Waals surface area contributed by atoms with Crippen LogP contribution in [0, 0.1) is 0 Å². The Morgan fingerprint density at radius 1 is 1.16 bits per heavy atom. The van der Waals surface area contributed by atoms with Gasteiger partial charge in [0, 0.05) is 12.6 Å². The van der Waals surface area contributed by atoms with E-state index in [2.05, 4.69) is 10.5 Å². The SMILES string of the molecule is CC(=O)c1ccc(OCC(=O)N/N=c2\sc3ccccc3n2C)cc1. The minimum atomic E-state index is -0.354. The highest BCUT2D eigenvalue weighted by molar-refractivity contribution is 7.16. The molecule has 0 saturated heterocycles. The lowest BCUT2D eigenvalue weighted by Gasteiger charge is -2.05. The van der Waals surface area contributed by atoms with Crippen molar-refractivity contribution in [3.63, 3.8) is 0 Å². The fourth-order valence-electron chi connectivity index (χ4n) is 2.27. The van der Waals surface area contributed by atoms with Crippen molar-refractivity contribution in [1.82, 2.24) is 9.99 Å². The van der Waals surface area contributed by atoms with Crippen LogP contribution in [0.25, 0.3) is 10.2 Å². The Balaban J connectivity index is 1.62. The fraction of sp³-hybridized carbons (Fsp3) is 0.167. The van der Waals surface area contributed by atoms with Crippen LogP contribution in [-0.4, -0.2) is 22.9 Å². The van der Waals surface area contributed by atoms with Crippen LogP contribution in [0.4, 0.5) is 0 Å². The average Bonchev–Trinajstić information content (AvgIpc) is 2.95. The molecule has 0 aliphatic carbocycles. The zero-order valence-corrected chi connectivity index (χ0v) is 14.7. The molecule has 0 aliphatic heterocycles. The fourth-order valence-corrected chi connectivity index (χ4v) is 3.24. The van der Waals surface area contributed by atoms with E-state index in [9.17, 15) is 9.59 Å². The predicted octanol–water partition coefficient (Wildman–Crippen LogP) is 2.45. The summed E-state index contributed by atoms with van der Waals surface area (Å²) in [5.74, 6) is 0.153. The number of amides is 1. The van der Waals surface area contributed by atoms with E-state index in [0.29, 0.717) is 16.1 Å². The number of rotatable bonds is 5. The normalized spacial score (nSPS) is 11.5. The Bertz CT molecular complexity index is 987. The van der Waals surface area contributed by atoms with E-state index >= 15 is 0 Å². The number of nitrogens with zero attached hydrogens (tertiary/aromatic N) is 2. The summed E-state index contributed by atoms with van der Waals surface area (Å²) < 4.78 is 8.41. The second-order valence-corrected chi connectivity index (χ2v) is 6.44. The van der Waals surface area contributed by atoms with Crippen LogP contribution in [0.2, 0.25) is 0 Å². The lowest BCUT2D eigenvalue weighted by Crippen LogP contribution is -2.27. The van der Waals surface area contributed by atoms with Crippen molar-refractivity contribution in [3.05, 3.63) is 58.9 Å². The minimum Gasteiger partial charge on any atom is -0.484 e. The van der Waals surface area contributed by atoms with E-state index in [0.717, 1.165) is 10.2 Å². The number of carbonyl (C=O) groups excluding carboxylic acids is 2. The molecular formula is C18H17N3O3S. The molecule has 1 aromatic heterocycles. The third-order valence-electron chi connectivity index (χ3n) is 3.62. The van der Waals surface area contributed by atoms with Gasteiger partial charge in [0.25, 0.3) is 5.91 Å². The van der Waals surface area contributed by atoms with Crippen molar-refractivity contribution >= 4 is 33.2 Å². The van der Waals surface area contributed by atoms with Gasteiger partial charge in [0.2, 0.25) is 4.80 Å². The summed E-state index contributed by atoms with van der Waals surface area (Å²) >= 11 is 1.49. The molecule has 1 N–H and O–H groups in total. The molecule has 7 heteroatoms. The van der Waals surface area contributed by atoms with Gasteiger partial charge in [-0.3, -0.25) is 9.59 Å². The Kier molecular flexibility index (Phi) is 4.95. The van der Waals surface area contributed by atoms with Gasteiger partial charge in [0.1, 0.15) is 5.75 Å². The van der Waals surface area contributed by atoms with Crippen LogP contribution >= 0.6 is 11.3 Å². The summed E-state index contributed by atoms with van der Waals surface area (Å²) in [5.41, 5.74) is 4.16. The molecule has 0 radical (unpaired) electrons. The molecule has 3 rings (SSSR count). The summed E-state index contributed by atoms with van der Waals surface area (Å²) in [5, 5.41) is 4.15. The predicted molar refractivity (Wildman–Crippen MR) is 96.4 cm³/mol. The smallest absolute Gasteiger partial charge is 0.278 e. The van der Waals surface area contributed by atoms with Gasteiger partial charge in [-0.25, -0.2) is 5.43 Å². The number of hydrogen-bond acceptors (Lipinski definition) is 5. The first-order chi connectivity index (χ1) is 12.0. The number of para-hydroxylation sites is 1. The second-order valence-electron chi connectivity index (χ2n) is 5.43. The van der Waals surface area contributed by atoms with Gasteiger partial charge in [-0.15, -0.1) is 5.10 Å². The van der Waals surface area contributed by atoms with Gasteiger partial charge in [0.05, 0.1) is 10.2 Å². The molecule has 0 spiro atoms. The van der Waals surface area contributed by atoms with Crippen LogP contribution in [0.1, 0.15) is 17.3 Å². The highest BCUT2D eigenvalue weighted by atomic mass is 32.1. The van der Waals surface area contributed by atoms with Crippen molar-refractivity contribution in [1.29, 1.82) is 0 Å². The maximum absolute atomic E-state index is 11.9. The third-order valence-corrected chi connectivity index (χ3v) is 4.73. The van der Waals surface area contributed by atoms with Crippen LogP contribution < -0.4 is 15.0 Å². The van der Waals surface area contributed by atoms with E-state index in [-0.39, 0.29) is 18.3 Å². The molecule has 0 aliphatic rings. The van der Waals surface area contributed by atoms with Gasteiger partial charge in [-0.2, -0.15) is 0 Å². The van der Waals surface area contributed by atoms with Crippen LogP contribution in [0.3, 0.4) is 0 Å². The average molecular weight is 355 g/mol. The van der Waals surface area contributed by atoms with Gasteiger partial charge in [0.15, 0.2) is 12.4 Å². The monoisotopic (exact) mass is 355 g/mol. The van der Waals surface area contributed by atoms with Crippen molar-refractivity contribution in [2.24, 2.45) is 12.1 Å². The lowest BCUT2D eigenvalue weighted by molar-refractivity contribution is -0.123. The number of carbonyl (C=O) groups is 2. The quantitative estimate of drug-likeness (QED) is 0.564. The van der Waals surface area contributed by atoms with Crippen molar-refractivity contribution < 1.29 is 14.3 Å². The Hall–Kier alpha value is -2.93. The Morgan fingerprint density at radius 2 is 1.88 bits per heavy atom. The van der Waals surface area contributed by atoms with E-state index in [4.69, 9.17) is 4.74 Å². The summed E-state index contributed by atoms with van der Waals surface area (Å²) in [6.45, 7) is 1.34. The first-order valence-electron chi connectivity index (χ1n) is 7.65.